The molecule has 208 valence electrons. The maximum absolute atomic E-state index is 13.9. The molecule has 1 saturated heterocycles. The normalized spacial score (nSPS) is 17.7. The first-order chi connectivity index (χ1) is 18.9. The number of nitrogens with one attached hydrogen (secondary N) is 2. The zero-order valence-corrected chi connectivity index (χ0v) is 23.6. The number of nitrogens with zero attached hydrogens (tertiary/aromatic N) is 4. The van der Waals surface area contributed by atoms with E-state index < -0.39 is 22.9 Å². The van der Waals surface area contributed by atoms with Crippen LogP contribution in [0.1, 0.15) is 72.4 Å². The number of benzene rings is 1. The van der Waals surface area contributed by atoms with Gasteiger partial charge in [-0.05, 0) is 66.0 Å². The summed E-state index contributed by atoms with van der Waals surface area (Å²) >= 11 is 0. The number of hydrogen-bond acceptors (Lipinski definition) is 7. The van der Waals surface area contributed by atoms with E-state index in [9.17, 15) is 19.6 Å². The van der Waals surface area contributed by atoms with Gasteiger partial charge in [0.25, 0.3) is 5.91 Å². The summed E-state index contributed by atoms with van der Waals surface area (Å²) in [6.45, 7) is 10.8. The Morgan fingerprint density at radius 2 is 1.95 bits per heavy atom. The van der Waals surface area contributed by atoms with Crippen molar-refractivity contribution in [1.82, 2.24) is 25.4 Å². The molecule has 40 heavy (non-hydrogen) atoms. The first kappa shape index (κ1) is 28.5. The molecule has 0 radical (unpaired) electrons. The molecule has 1 aromatic carbocycles. The number of carbonyl (C=O) groups excluding carboxylic acids is 2. The van der Waals surface area contributed by atoms with Crippen molar-refractivity contribution in [3.8, 4) is 17.7 Å². The van der Waals surface area contributed by atoms with Crippen LogP contribution >= 0.6 is 0 Å². The number of aromatic nitrogens is 3. The van der Waals surface area contributed by atoms with Gasteiger partial charge in [0.1, 0.15) is 6.04 Å². The fourth-order valence-electron chi connectivity index (χ4n) is 5.13. The van der Waals surface area contributed by atoms with Gasteiger partial charge in [-0.25, -0.2) is 10.1 Å². The van der Waals surface area contributed by atoms with E-state index in [1.807, 2.05) is 39.0 Å². The van der Waals surface area contributed by atoms with Crippen molar-refractivity contribution < 1.29 is 14.3 Å². The molecule has 1 fully saturated rings. The maximum Gasteiger partial charge on any atom is 0.307 e. The van der Waals surface area contributed by atoms with Crippen LogP contribution in [-0.2, 0) is 4.79 Å². The van der Waals surface area contributed by atoms with Crippen LogP contribution in [0.2, 0.25) is 0 Å². The van der Waals surface area contributed by atoms with Gasteiger partial charge in [-0.15, -0.1) is 0 Å². The molecule has 0 bridgehead atoms. The number of carbonyl (C=O) groups is 2. The average molecular weight is 543 g/mol. The topological polar surface area (TPSA) is 141 Å². The van der Waals surface area contributed by atoms with E-state index in [2.05, 4.69) is 32.6 Å². The predicted molar refractivity (Wildman–Crippen MR) is 149 cm³/mol. The number of nitriles is 1. The van der Waals surface area contributed by atoms with E-state index in [4.69, 9.17) is 4.74 Å². The molecule has 1 aliphatic rings. The molecule has 3 heterocycles. The molecule has 3 aromatic rings. The summed E-state index contributed by atoms with van der Waals surface area (Å²) in [5, 5.41) is 18.8. The summed E-state index contributed by atoms with van der Waals surface area (Å²) in [7, 11) is 0. The lowest BCUT2D eigenvalue weighted by Crippen LogP contribution is -2.52. The average Bonchev–Trinajstić information content (AvgIpc) is 3.37. The summed E-state index contributed by atoms with van der Waals surface area (Å²) in [4.78, 5) is 45.0. The highest BCUT2D eigenvalue weighted by molar-refractivity contribution is 5.97. The predicted octanol–water partition coefficient (Wildman–Crippen LogP) is 4.28. The van der Waals surface area contributed by atoms with Crippen molar-refractivity contribution in [2.45, 2.75) is 72.5 Å². The second-order valence-electron chi connectivity index (χ2n) is 10.9. The number of H-pyrrole nitrogens is 1. The van der Waals surface area contributed by atoms with E-state index in [1.165, 1.54) is 12.3 Å². The monoisotopic (exact) mass is 542 g/mol. The van der Waals surface area contributed by atoms with Gasteiger partial charge in [-0.1, -0.05) is 29.8 Å². The Morgan fingerprint density at radius 1 is 1.20 bits per heavy atom. The lowest BCUT2D eigenvalue weighted by Gasteiger charge is -2.38. The Hall–Kier alpha value is -4.52. The van der Waals surface area contributed by atoms with Crippen molar-refractivity contribution in [2.24, 2.45) is 5.41 Å². The SMILES string of the molecule is Cc1cccc([C@@H]2CC[C@H](C(C)(C)C#N)N2C(=O)[C@@H](C)NC(=O)c2cnc(Oc3cc(C)n[nH]c3=O)c(C)c2)c1. The summed E-state index contributed by atoms with van der Waals surface area (Å²) in [6.07, 6.45) is 2.76. The number of amides is 2. The molecule has 0 spiro atoms. The Morgan fingerprint density at radius 3 is 2.62 bits per heavy atom. The molecule has 4 rings (SSSR count). The van der Waals surface area contributed by atoms with Crippen molar-refractivity contribution in [3.05, 3.63) is 80.9 Å². The Kier molecular flexibility index (Phi) is 8.05. The van der Waals surface area contributed by atoms with Gasteiger partial charge in [-0.3, -0.25) is 14.4 Å². The minimum atomic E-state index is -0.843. The standard InChI is InChI=1S/C30H34N6O4/c1-17-8-7-9-21(12-17)23-10-11-25(30(5,6)16-31)36(23)29(39)20(4)33-26(37)22-13-18(2)28(32-15-22)40-24-14-19(3)34-35-27(24)38/h7-9,12-15,20,23,25H,10-11H2,1-6H3,(H,33,37)(H,35,38)/t20-,23+,25-/m1/s1. The fraction of sp³-hybridized carbons (Fsp3) is 0.400. The molecule has 10 heteroatoms. The Balaban J connectivity index is 1.53. The van der Waals surface area contributed by atoms with Gasteiger partial charge in [0, 0.05) is 17.8 Å². The van der Waals surface area contributed by atoms with E-state index >= 15 is 0 Å². The lowest BCUT2D eigenvalue weighted by atomic mass is 9.84. The highest BCUT2D eigenvalue weighted by Crippen LogP contribution is 2.43. The van der Waals surface area contributed by atoms with Gasteiger partial charge in [-0.2, -0.15) is 10.4 Å². The number of likely N-dealkylation sites (tertiary alicyclic amines) is 1. The van der Waals surface area contributed by atoms with Gasteiger partial charge >= 0.3 is 5.56 Å². The first-order valence-corrected chi connectivity index (χ1v) is 13.2. The third kappa shape index (κ3) is 5.88. The summed E-state index contributed by atoms with van der Waals surface area (Å²) in [5.74, 6) is -0.495. The van der Waals surface area contributed by atoms with Crippen LogP contribution in [0, 0.1) is 37.5 Å². The summed E-state index contributed by atoms with van der Waals surface area (Å²) < 4.78 is 5.65. The van der Waals surface area contributed by atoms with E-state index in [1.54, 1.807) is 31.7 Å². The van der Waals surface area contributed by atoms with Crippen molar-refractivity contribution >= 4 is 11.8 Å². The Bertz CT molecular complexity index is 1540. The minimum absolute atomic E-state index is 0.0446. The number of hydrogen-bond donors (Lipinski definition) is 2. The van der Waals surface area contributed by atoms with Crippen molar-refractivity contribution in [2.75, 3.05) is 0 Å². The zero-order chi connectivity index (χ0) is 29.2. The fourth-order valence-corrected chi connectivity index (χ4v) is 5.13. The van der Waals surface area contributed by atoms with Gasteiger partial charge in [0.2, 0.25) is 11.8 Å². The molecule has 2 aromatic heterocycles. The van der Waals surface area contributed by atoms with Crippen LogP contribution in [0.5, 0.6) is 11.6 Å². The number of ether oxygens (including phenoxy) is 1. The van der Waals surface area contributed by atoms with E-state index in [-0.39, 0.29) is 35.2 Å². The smallest absolute Gasteiger partial charge is 0.307 e. The molecule has 0 unspecified atom stereocenters. The van der Waals surface area contributed by atoms with Crippen LogP contribution in [0.3, 0.4) is 0 Å². The largest absolute Gasteiger partial charge is 0.433 e. The van der Waals surface area contributed by atoms with E-state index in [0.29, 0.717) is 17.7 Å². The molecule has 10 nitrogen and oxygen atoms in total. The lowest BCUT2D eigenvalue weighted by molar-refractivity contribution is -0.137. The number of rotatable bonds is 7. The van der Waals surface area contributed by atoms with Crippen molar-refractivity contribution in [3.63, 3.8) is 0 Å². The Labute approximate surface area is 233 Å². The second-order valence-corrected chi connectivity index (χ2v) is 10.9. The number of aryl methyl sites for hydroxylation is 3. The van der Waals surface area contributed by atoms with Gasteiger partial charge in [0.05, 0.1) is 34.8 Å². The quantitative estimate of drug-likeness (QED) is 0.454. The third-order valence-corrected chi connectivity index (χ3v) is 7.30. The molecule has 0 aliphatic carbocycles. The van der Waals surface area contributed by atoms with E-state index in [0.717, 1.165) is 17.5 Å². The maximum atomic E-state index is 13.9. The molecular weight excluding hydrogens is 508 g/mol. The van der Waals surface area contributed by atoms with Gasteiger partial charge in [0.15, 0.2) is 5.75 Å². The molecule has 0 saturated carbocycles. The minimum Gasteiger partial charge on any atom is -0.433 e. The summed E-state index contributed by atoms with van der Waals surface area (Å²) in [5.41, 5.74) is 2.21. The highest BCUT2D eigenvalue weighted by Gasteiger charge is 2.46. The van der Waals surface area contributed by atoms with Crippen LogP contribution in [0.15, 0.2) is 47.4 Å². The third-order valence-electron chi connectivity index (χ3n) is 7.30. The highest BCUT2D eigenvalue weighted by atomic mass is 16.5. The van der Waals surface area contributed by atoms with Gasteiger partial charge < -0.3 is 15.0 Å². The zero-order valence-electron chi connectivity index (χ0n) is 23.6. The number of pyridine rings is 1. The summed E-state index contributed by atoms with van der Waals surface area (Å²) in [6, 6.07) is 12.2. The molecular formula is C30H34N6O4. The molecule has 2 amide bonds. The molecule has 1 aliphatic heterocycles. The van der Waals surface area contributed by atoms with Crippen molar-refractivity contribution in [1.29, 1.82) is 5.26 Å². The van der Waals surface area contributed by atoms with Crippen LogP contribution < -0.4 is 15.6 Å². The van der Waals surface area contributed by atoms with Crippen LogP contribution in [0.4, 0.5) is 0 Å². The second kappa shape index (κ2) is 11.3. The number of aromatic amines is 1. The first-order valence-electron chi connectivity index (χ1n) is 13.2. The van der Waals surface area contributed by atoms with Crippen LogP contribution in [0.25, 0.3) is 0 Å². The molecule has 3 atom stereocenters. The molecule has 2 N–H and O–H groups in total. The van der Waals surface area contributed by atoms with Crippen LogP contribution in [-0.4, -0.2) is 44.0 Å².